The van der Waals surface area contributed by atoms with E-state index in [2.05, 4.69) is 5.10 Å². The number of aromatic nitrogens is 2. The lowest BCUT2D eigenvalue weighted by atomic mass is 10.0. The van der Waals surface area contributed by atoms with Crippen LogP contribution in [-0.2, 0) is 11.3 Å². The van der Waals surface area contributed by atoms with Crippen LogP contribution in [0.25, 0.3) is 0 Å². The Morgan fingerprint density at radius 2 is 2.19 bits per heavy atom. The van der Waals surface area contributed by atoms with Crippen LogP contribution in [-0.4, -0.2) is 30.6 Å². The molecule has 1 aromatic carbocycles. The van der Waals surface area contributed by atoms with Gasteiger partial charge in [0.2, 0.25) is 0 Å². The Bertz CT molecular complexity index is 618. The molecule has 2 rings (SSSR count). The zero-order valence-corrected chi connectivity index (χ0v) is 12.6. The van der Waals surface area contributed by atoms with Gasteiger partial charge in [-0.25, -0.2) is 4.39 Å². The Labute approximate surface area is 127 Å². The summed E-state index contributed by atoms with van der Waals surface area (Å²) in [4.78, 5) is 0. The summed E-state index contributed by atoms with van der Waals surface area (Å²) in [6, 6.07) is 3.94. The lowest BCUT2D eigenvalue weighted by Gasteiger charge is -2.16. The highest BCUT2D eigenvalue weighted by molar-refractivity contribution is 6.31. The smallest absolute Gasteiger partial charge is 0.165 e. The number of ether oxygens (including phenoxy) is 2. The molecule has 2 N–H and O–H groups in total. The minimum absolute atomic E-state index is 0.141. The number of nitrogens with zero attached hydrogens (tertiary/aromatic N) is 2. The van der Waals surface area contributed by atoms with E-state index in [1.54, 1.807) is 23.9 Å². The van der Waals surface area contributed by atoms with E-state index in [1.807, 2.05) is 0 Å². The highest BCUT2D eigenvalue weighted by Gasteiger charge is 2.20. The minimum atomic E-state index is -0.536. The standard InChI is InChI=1S/C14H17ClFN3O2/c1-20-6-5-19-14(10(15)8-18-19)13(17)9-3-4-11(16)12(7-9)21-2/h3-4,7-8,13H,5-6,17H2,1-2H3. The molecule has 0 aliphatic rings. The molecular weight excluding hydrogens is 297 g/mol. The molecule has 1 aromatic heterocycles. The Balaban J connectivity index is 2.35. The minimum Gasteiger partial charge on any atom is -0.494 e. The lowest BCUT2D eigenvalue weighted by Crippen LogP contribution is -2.19. The summed E-state index contributed by atoms with van der Waals surface area (Å²) in [6.45, 7) is 1.02. The molecule has 0 aliphatic heterocycles. The molecule has 0 radical (unpaired) electrons. The fourth-order valence-electron chi connectivity index (χ4n) is 2.06. The van der Waals surface area contributed by atoms with Crippen LogP contribution in [0.15, 0.2) is 24.4 Å². The normalized spacial score (nSPS) is 12.4. The first-order valence-electron chi connectivity index (χ1n) is 6.37. The quantitative estimate of drug-likeness (QED) is 0.889. The van der Waals surface area contributed by atoms with Crippen LogP contribution in [0, 0.1) is 5.82 Å². The van der Waals surface area contributed by atoms with Crippen molar-refractivity contribution in [3.05, 3.63) is 46.5 Å². The largest absolute Gasteiger partial charge is 0.494 e. The van der Waals surface area contributed by atoms with E-state index < -0.39 is 11.9 Å². The van der Waals surface area contributed by atoms with Crippen LogP contribution < -0.4 is 10.5 Å². The van der Waals surface area contributed by atoms with E-state index in [0.29, 0.717) is 29.4 Å². The maximum absolute atomic E-state index is 13.5. The van der Waals surface area contributed by atoms with Crippen molar-refractivity contribution >= 4 is 11.6 Å². The lowest BCUT2D eigenvalue weighted by molar-refractivity contribution is 0.182. The number of hydrogen-bond acceptors (Lipinski definition) is 4. The molecule has 1 heterocycles. The monoisotopic (exact) mass is 313 g/mol. The third kappa shape index (κ3) is 3.34. The van der Waals surface area contributed by atoms with Crippen LogP contribution in [0.4, 0.5) is 4.39 Å². The van der Waals surface area contributed by atoms with E-state index in [-0.39, 0.29) is 5.75 Å². The van der Waals surface area contributed by atoms with Gasteiger partial charge in [-0.15, -0.1) is 0 Å². The van der Waals surface area contributed by atoms with Crippen molar-refractivity contribution in [1.82, 2.24) is 9.78 Å². The van der Waals surface area contributed by atoms with Crippen molar-refractivity contribution in [3.8, 4) is 5.75 Å². The van der Waals surface area contributed by atoms with Gasteiger partial charge in [-0.05, 0) is 17.7 Å². The molecule has 0 bridgehead atoms. The molecular formula is C14H17ClFN3O2. The number of methoxy groups -OCH3 is 2. The number of nitrogens with two attached hydrogens (primary N) is 1. The van der Waals surface area contributed by atoms with E-state index in [9.17, 15) is 4.39 Å². The first-order valence-corrected chi connectivity index (χ1v) is 6.75. The molecule has 0 saturated heterocycles. The molecule has 0 aliphatic carbocycles. The summed E-state index contributed by atoms with van der Waals surface area (Å²) in [7, 11) is 3.01. The van der Waals surface area contributed by atoms with Gasteiger partial charge in [0.15, 0.2) is 11.6 Å². The SMILES string of the molecule is COCCn1ncc(Cl)c1C(N)c1ccc(F)c(OC)c1. The van der Waals surface area contributed by atoms with Gasteiger partial charge < -0.3 is 15.2 Å². The number of benzene rings is 1. The molecule has 0 spiro atoms. The molecule has 0 amide bonds. The second-order valence-corrected chi connectivity index (χ2v) is 4.87. The van der Waals surface area contributed by atoms with Crippen LogP contribution in [0.5, 0.6) is 5.75 Å². The van der Waals surface area contributed by atoms with Gasteiger partial charge in [0.25, 0.3) is 0 Å². The van der Waals surface area contributed by atoms with E-state index >= 15 is 0 Å². The van der Waals surface area contributed by atoms with E-state index in [4.69, 9.17) is 26.8 Å². The summed E-state index contributed by atoms with van der Waals surface area (Å²) in [5.41, 5.74) is 7.59. The van der Waals surface area contributed by atoms with Crippen LogP contribution in [0.1, 0.15) is 17.3 Å². The van der Waals surface area contributed by atoms with Crippen molar-refractivity contribution in [3.63, 3.8) is 0 Å². The molecule has 5 nitrogen and oxygen atoms in total. The predicted octanol–water partition coefficient (Wildman–Crippen LogP) is 2.38. The number of halogens is 2. The van der Waals surface area contributed by atoms with Crippen LogP contribution >= 0.6 is 11.6 Å². The van der Waals surface area contributed by atoms with Crippen molar-refractivity contribution in [2.75, 3.05) is 20.8 Å². The molecule has 114 valence electrons. The predicted molar refractivity (Wildman–Crippen MR) is 78.1 cm³/mol. The summed E-state index contributed by atoms with van der Waals surface area (Å²) in [5.74, 6) is -0.297. The number of hydrogen-bond donors (Lipinski definition) is 1. The Hall–Kier alpha value is -1.63. The summed E-state index contributed by atoms with van der Waals surface area (Å²) < 4.78 is 25.2. The van der Waals surface area contributed by atoms with Gasteiger partial charge in [-0.3, -0.25) is 4.68 Å². The van der Waals surface area contributed by atoms with E-state index in [0.717, 1.165) is 0 Å². The van der Waals surface area contributed by atoms with Gasteiger partial charge in [-0.2, -0.15) is 5.10 Å². The van der Waals surface area contributed by atoms with Gasteiger partial charge in [0.1, 0.15) is 0 Å². The van der Waals surface area contributed by atoms with Gasteiger partial charge in [0.05, 0.1) is 43.2 Å². The van der Waals surface area contributed by atoms with Crippen molar-refractivity contribution in [2.45, 2.75) is 12.6 Å². The van der Waals surface area contributed by atoms with Gasteiger partial charge in [0, 0.05) is 7.11 Å². The highest BCUT2D eigenvalue weighted by atomic mass is 35.5. The fraction of sp³-hybridized carbons (Fsp3) is 0.357. The van der Waals surface area contributed by atoms with Crippen molar-refractivity contribution in [1.29, 1.82) is 0 Å². The second-order valence-electron chi connectivity index (χ2n) is 4.47. The summed E-state index contributed by atoms with van der Waals surface area (Å²) in [6.07, 6.45) is 1.53. The summed E-state index contributed by atoms with van der Waals surface area (Å²) >= 11 is 6.16. The molecule has 21 heavy (non-hydrogen) atoms. The molecule has 7 heteroatoms. The van der Waals surface area contributed by atoms with Crippen molar-refractivity contribution in [2.24, 2.45) is 5.73 Å². The average molecular weight is 314 g/mol. The maximum atomic E-state index is 13.5. The zero-order valence-electron chi connectivity index (χ0n) is 11.8. The molecule has 1 atom stereocenters. The Morgan fingerprint density at radius 3 is 2.86 bits per heavy atom. The van der Waals surface area contributed by atoms with Crippen molar-refractivity contribution < 1.29 is 13.9 Å². The zero-order chi connectivity index (χ0) is 15.4. The Kier molecular flexibility index (Phi) is 5.17. The van der Waals surface area contributed by atoms with E-state index in [1.165, 1.54) is 19.4 Å². The van der Waals surface area contributed by atoms with Gasteiger partial charge in [-0.1, -0.05) is 17.7 Å². The molecule has 1 unspecified atom stereocenters. The highest BCUT2D eigenvalue weighted by Crippen LogP contribution is 2.29. The molecule has 0 fully saturated rings. The second kappa shape index (κ2) is 6.89. The first kappa shape index (κ1) is 15.8. The molecule has 2 aromatic rings. The first-order chi connectivity index (χ1) is 10.1. The number of rotatable bonds is 6. The Morgan fingerprint density at radius 1 is 1.43 bits per heavy atom. The third-order valence-electron chi connectivity index (χ3n) is 3.17. The average Bonchev–Trinajstić information content (AvgIpc) is 2.85. The van der Waals surface area contributed by atoms with Crippen LogP contribution in [0.3, 0.4) is 0 Å². The molecule has 0 saturated carbocycles. The van der Waals surface area contributed by atoms with Crippen LogP contribution in [0.2, 0.25) is 5.02 Å². The fourth-order valence-corrected chi connectivity index (χ4v) is 2.32. The third-order valence-corrected chi connectivity index (χ3v) is 3.46. The van der Waals surface area contributed by atoms with Gasteiger partial charge >= 0.3 is 0 Å². The topological polar surface area (TPSA) is 62.3 Å². The maximum Gasteiger partial charge on any atom is 0.165 e. The summed E-state index contributed by atoms with van der Waals surface area (Å²) in [5, 5.41) is 4.64.